The molecule has 0 aliphatic heterocycles. The molecule has 4 rings (SSSR count). The number of para-hydroxylation sites is 1. The summed E-state index contributed by atoms with van der Waals surface area (Å²) in [6.07, 6.45) is 3.90. The van der Waals surface area contributed by atoms with Gasteiger partial charge in [0.05, 0.1) is 24.1 Å². The summed E-state index contributed by atoms with van der Waals surface area (Å²) in [6.45, 7) is 2.59. The molecule has 2 heterocycles. The number of fused-ring (bicyclic) bond motifs is 1. The van der Waals surface area contributed by atoms with Gasteiger partial charge in [-0.15, -0.1) is 0 Å². The molecule has 10 nitrogen and oxygen atoms in total. The average Bonchev–Trinajstić information content (AvgIpc) is 3.04. The lowest BCUT2D eigenvalue weighted by Gasteiger charge is -2.25. The molecule has 0 aliphatic rings. The van der Waals surface area contributed by atoms with Gasteiger partial charge in [0, 0.05) is 36.3 Å². The van der Waals surface area contributed by atoms with Crippen molar-refractivity contribution in [2.24, 2.45) is 11.7 Å². The number of Topliss-reactive ketones (excluding diaryl/α,β-unsaturated/α-hetero) is 1. The molecular weight excluding hydrogens is 570 g/mol. The Hall–Kier alpha value is -4.96. The lowest BCUT2D eigenvalue weighted by atomic mass is 9.84. The molecule has 0 spiro atoms. The second kappa shape index (κ2) is 16.2. The maximum Gasteiger partial charge on any atom is 0.270 e. The molecule has 0 fully saturated rings. The number of hydrogen-bond acceptors (Lipinski definition) is 7. The molecule has 0 radical (unpaired) electrons. The zero-order chi connectivity index (χ0) is 32.2. The number of ketones is 1. The Balaban J connectivity index is 1.54. The summed E-state index contributed by atoms with van der Waals surface area (Å²) in [6, 6.07) is 20.1. The Morgan fingerprint density at radius 2 is 1.67 bits per heavy atom. The van der Waals surface area contributed by atoms with E-state index in [1.54, 1.807) is 67.0 Å². The van der Waals surface area contributed by atoms with Crippen LogP contribution in [0.1, 0.15) is 64.6 Å². The van der Waals surface area contributed by atoms with Crippen molar-refractivity contribution in [2.75, 3.05) is 6.54 Å². The van der Waals surface area contributed by atoms with Gasteiger partial charge in [-0.1, -0.05) is 61.9 Å². The molecule has 45 heavy (non-hydrogen) atoms. The minimum atomic E-state index is -1.22. The summed E-state index contributed by atoms with van der Waals surface area (Å²) in [7, 11) is 0. The van der Waals surface area contributed by atoms with E-state index in [1.807, 2.05) is 25.1 Å². The van der Waals surface area contributed by atoms with Crippen molar-refractivity contribution in [1.82, 2.24) is 20.6 Å². The van der Waals surface area contributed by atoms with Crippen molar-refractivity contribution in [3.63, 3.8) is 0 Å². The van der Waals surface area contributed by atoms with Crippen LogP contribution in [0, 0.1) is 5.92 Å². The van der Waals surface area contributed by atoms with Crippen LogP contribution >= 0.6 is 0 Å². The number of benzene rings is 2. The van der Waals surface area contributed by atoms with E-state index >= 15 is 0 Å². The molecule has 0 saturated heterocycles. The number of aliphatic hydroxyl groups is 1. The number of aliphatic hydroxyl groups excluding tert-OH is 1. The summed E-state index contributed by atoms with van der Waals surface area (Å²) in [5.41, 5.74) is 8.08. The van der Waals surface area contributed by atoms with Gasteiger partial charge in [-0.2, -0.15) is 0 Å². The number of pyridine rings is 2. The van der Waals surface area contributed by atoms with Crippen LogP contribution in [0.15, 0.2) is 85.2 Å². The third-order valence-electron chi connectivity index (χ3n) is 7.67. The van der Waals surface area contributed by atoms with Gasteiger partial charge in [-0.3, -0.25) is 24.2 Å². The predicted octanol–water partition coefficient (Wildman–Crippen LogP) is 3.56. The number of nitrogens with zero attached hydrogens (tertiary/aromatic N) is 2. The number of unbranched alkanes of at least 4 members (excludes halogenated alkanes) is 1. The highest BCUT2D eigenvalue weighted by Crippen LogP contribution is 2.23. The zero-order valence-corrected chi connectivity index (χ0v) is 25.3. The molecule has 3 amide bonds. The zero-order valence-electron chi connectivity index (χ0n) is 25.3. The van der Waals surface area contributed by atoms with Gasteiger partial charge in [0.1, 0.15) is 5.69 Å². The third kappa shape index (κ3) is 9.51. The SMILES string of the molecule is CCCCNC(=O)c1ccccc1C[C@H](O)[C@@H](CC(=O)[C@H](CC(N)=O)NC(=O)c1ccc2ccccc2n1)Cc1cccnc1. The van der Waals surface area contributed by atoms with Gasteiger partial charge in [-0.05, 0) is 60.6 Å². The summed E-state index contributed by atoms with van der Waals surface area (Å²) >= 11 is 0. The molecule has 2 aromatic heterocycles. The van der Waals surface area contributed by atoms with Crippen LogP contribution in [0.2, 0.25) is 0 Å². The number of amides is 3. The Bertz CT molecular complexity index is 1630. The van der Waals surface area contributed by atoms with Gasteiger partial charge in [0.15, 0.2) is 5.78 Å². The normalized spacial score (nSPS) is 13.0. The topological polar surface area (TPSA) is 164 Å². The minimum Gasteiger partial charge on any atom is -0.392 e. The van der Waals surface area contributed by atoms with E-state index < -0.39 is 42.1 Å². The van der Waals surface area contributed by atoms with Crippen LogP contribution in [0.25, 0.3) is 10.9 Å². The minimum absolute atomic E-state index is 0.0942. The van der Waals surface area contributed by atoms with Gasteiger partial charge >= 0.3 is 0 Å². The highest BCUT2D eigenvalue weighted by molar-refractivity contribution is 5.99. The fraction of sp³-hybridized carbons (Fsp3) is 0.314. The molecular formula is C35H39N5O5. The molecule has 5 N–H and O–H groups in total. The number of hydrogen-bond donors (Lipinski definition) is 4. The van der Waals surface area contributed by atoms with E-state index in [1.165, 1.54) is 0 Å². The molecule has 0 aliphatic carbocycles. The van der Waals surface area contributed by atoms with Gasteiger partial charge < -0.3 is 21.5 Å². The van der Waals surface area contributed by atoms with Crippen molar-refractivity contribution < 1.29 is 24.3 Å². The molecule has 0 saturated carbocycles. The number of rotatable bonds is 16. The number of carbonyl (C=O) groups is 4. The Labute approximate surface area is 262 Å². The van der Waals surface area contributed by atoms with Crippen molar-refractivity contribution in [2.45, 2.75) is 57.6 Å². The highest BCUT2D eigenvalue weighted by Gasteiger charge is 2.30. The Morgan fingerprint density at radius 1 is 0.889 bits per heavy atom. The smallest absolute Gasteiger partial charge is 0.270 e. The van der Waals surface area contributed by atoms with Crippen molar-refractivity contribution >= 4 is 34.4 Å². The second-order valence-electron chi connectivity index (χ2n) is 11.1. The van der Waals surface area contributed by atoms with Crippen LogP contribution < -0.4 is 16.4 Å². The molecule has 4 aromatic rings. The first kappa shape index (κ1) is 32.9. The van der Waals surface area contributed by atoms with Gasteiger partial charge in [0.25, 0.3) is 11.8 Å². The van der Waals surface area contributed by atoms with Gasteiger partial charge in [-0.25, -0.2) is 4.98 Å². The molecule has 10 heteroatoms. The predicted molar refractivity (Wildman–Crippen MR) is 171 cm³/mol. The second-order valence-corrected chi connectivity index (χ2v) is 11.1. The summed E-state index contributed by atoms with van der Waals surface area (Å²) in [5.74, 6) is -2.68. The lowest BCUT2D eigenvalue weighted by molar-refractivity contribution is -0.126. The number of carbonyl (C=O) groups excluding carboxylic acids is 4. The standard InChI is InChI=1S/C35H39N5O5/c1-2-3-17-38-34(44)27-12-6-4-11-25(27)19-31(41)26(18-23-9-8-16-37-22-23)20-32(42)30(21-33(36)43)40-35(45)29-15-14-24-10-5-7-13-28(24)39-29/h4-16,22,26,30-31,41H,2-3,17-21H2,1H3,(H2,36,43)(H,38,44)(H,40,45)/t26-,30+,31+/m1/s1. The summed E-state index contributed by atoms with van der Waals surface area (Å²) in [4.78, 5) is 60.3. The molecule has 0 bridgehead atoms. The molecule has 0 unspecified atom stereocenters. The van der Waals surface area contributed by atoms with Crippen LogP contribution in [-0.2, 0) is 22.4 Å². The van der Waals surface area contributed by atoms with E-state index in [0.717, 1.165) is 23.8 Å². The van der Waals surface area contributed by atoms with Crippen LogP contribution in [0.5, 0.6) is 0 Å². The first-order valence-electron chi connectivity index (χ1n) is 15.2. The monoisotopic (exact) mass is 609 g/mol. The summed E-state index contributed by atoms with van der Waals surface area (Å²) < 4.78 is 0. The largest absolute Gasteiger partial charge is 0.392 e. The highest BCUT2D eigenvalue weighted by atomic mass is 16.3. The van der Waals surface area contributed by atoms with E-state index in [0.29, 0.717) is 29.6 Å². The molecule has 2 aromatic carbocycles. The van der Waals surface area contributed by atoms with Crippen LogP contribution in [0.3, 0.4) is 0 Å². The maximum atomic E-state index is 13.7. The van der Waals surface area contributed by atoms with Crippen molar-refractivity contribution in [1.29, 1.82) is 0 Å². The van der Waals surface area contributed by atoms with Crippen molar-refractivity contribution in [3.05, 3.63) is 108 Å². The number of nitrogens with two attached hydrogens (primary N) is 1. The van der Waals surface area contributed by atoms with Gasteiger partial charge in [0.2, 0.25) is 5.91 Å². The lowest BCUT2D eigenvalue weighted by Crippen LogP contribution is -2.45. The van der Waals surface area contributed by atoms with E-state index in [-0.39, 0.29) is 24.4 Å². The first-order chi connectivity index (χ1) is 21.7. The fourth-order valence-corrected chi connectivity index (χ4v) is 5.22. The van der Waals surface area contributed by atoms with E-state index in [2.05, 4.69) is 20.6 Å². The quantitative estimate of drug-likeness (QED) is 0.141. The van der Waals surface area contributed by atoms with E-state index in [4.69, 9.17) is 5.73 Å². The Kier molecular flexibility index (Phi) is 11.9. The fourth-order valence-electron chi connectivity index (χ4n) is 5.22. The van der Waals surface area contributed by atoms with Crippen molar-refractivity contribution in [3.8, 4) is 0 Å². The van der Waals surface area contributed by atoms with Crippen LogP contribution in [-0.4, -0.2) is 57.3 Å². The average molecular weight is 610 g/mol. The molecule has 234 valence electrons. The third-order valence-corrected chi connectivity index (χ3v) is 7.67. The number of primary amides is 1. The number of aromatic nitrogens is 2. The summed E-state index contributed by atoms with van der Waals surface area (Å²) in [5, 5.41) is 17.9. The number of nitrogens with one attached hydrogen (secondary N) is 2. The maximum absolute atomic E-state index is 13.7. The van der Waals surface area contributed by atoms with E-state index in [9.17, 15) is 24.3 Å². The van der Waals surface area contributed by atoms with Crippen LogP contribution in [0.4, 0.5) is 0 Å². The molecule has 3 atom stereocenters. The first-order valence-corrected chi connectivity index (χ1v) is 15.2. The Morgan fingerprint density at radius 3 is 2.42 bits per heavy atom.